The highest BCUT2D eigenvalue weighted by molar-refractivity contribution is 5.80. The van der Waals surface area contributed by atoms with Crippen LogP contribution in [0.2, 0.25) is 0 Å². The first-order valence-electron chi connectivity index (χ1n) is 7.93. The van der Waals surface area contributed by atoms with E-state index in [1.54, 1.807) is 26.3 Å². The number of ether oxygens (including phenoxy) is 1. The lowest BCUT2D eigenvalue weighted by Gasteiger charge is -2.18. The minimum atomic E-state index is 0.250. The number of aromatic hydroxyl groups is 1. The van der Waals surface area contributed by atoms with Crippen molar-refractivity contribution >= 4 is 5.96 Å². The summed E-state index contributed by atoms with van der Waals surface area (Å²) in [5.74, 6) is 1.72. The molecule has 0 aliphatic carbocycles. The van der Waals surface area contributed by atoms with Crippen molar-refractivity contribution in [3.63, 3.8) is 0 Å². The van der Waals surface area contributed by atoms with Gasteiger partial charge in [-0.1, -0.05) is 26.2 Å². The van der Waals surface area contributed by atoms with Gasteiger partial charge in [0.1, 0.15) is 11.5 Å². The molecule has 22 heavy (non-hydrogen) atoms. The number of phenols is 1. The zero-order chi connectivity index (χ0) is 16.4. The Hall–Kier alpha value is -1.91. The number of hydrogen-bond acceptors (Lipinski definition) is 3. The van der Waals surface area contributed by atoms with E-state index < -0.39 is 0 Å². The Labute approximate surface area is 133 Å². The van der Waals surface area contributed by atoms with Crippen molar-refractivity contribution in [2.45, 2.75) is 52.1 Å². The van der Waals surface area contributed by atoms with E-state index in [2.05, 4.69) is 29.5 Å². The molecule has 0 spiro atoms. The third-order valence-electron chi connectivity index (χ3n) is 3.58. The Balaban J connectivity index is 2.50. The van der Waals surface area contributed by atoms with Crippen LogP contribution in [0.1, 0.15) is 45.1 Å². The summed E-state index contributed by atoms with van der Waals surface area (Å²) in [6.45, 7) is 4.86. The number of rotatable bonds is 8. The number of hydrogen-bond donors (Lipinski definition) is 3. The van der Waals surface area contributed by atoms with Crippen molar-refractivity contribution in [3.05, 3.63) is 23.8 Å². The smallest absolute Gasteiger partial charge is 0.191 e. The Kier molecular flexibility index (Phi) is 8.18. The average molecular weight is 307 g/mol. The second-order valence-electron chi connectivity index (χ2n) is 5.46. The predicted molar refractivity (Wildman–Crippen MR) is 91.6 cm³/mol. The van der Waals surface area contributed by atoms with Crippen LogP contribution in [0.5, 0.6) is 11.5 Å². The Bertz CT molecular complexity index is 475. The van der Waals surface area contributed by atoms with E-state index in [0.717, 1.165) is 23.7 Å². The van der Waals surface area contributed by atoms with Crippen molar-refractivity contribution < 1.29 is 9.84 Å². The van der Waals surface area contributed by atoms with Crippen molar-refractivity contribution in [1.29, 1.82) is 0 Å². The van der Waals surface area contributed by atoms with E-state index in [1.807, 2.05) is 6.07 Å². The van der Waals surface area contributed by atoms with Gasteiger partial charge >= 0.3 is 0 Å². The second-order valence-corrected chi connectivity index (χ2v) is 5.46. The van der Waals surface area contributed by atoms with Gasteiger partial charge in [0.15, 0.2) is 5.96 Å². The maximum atomic E-state index is 9.89. The molecule has 5 nitrogen and oxygen atoms in total. The topological polar surface area (TPSA) is 65.9 Å². The summed E-state index contributed by atoms with van der Waals surface area (Å²) in [5, 5.41) is 16.5. The van der Waals surface area contributed by atoms with Crippen molar-refractivity contribution in [3.8, 4) is 11.5 Å². The molecule has 0 aromatic heterocycles. The zero-order valence-electron chi connectivity index (χ0n) is 14.1. The van der Waals surface area contributed by atoms with E-state index in [9.17, 15) is 5.11 Å². The quantitative estimate of drug-likeness (QED) is 0.392. The molecule has 0 saturated heterocycles. The number of phenolic OH excluding ortho intramolecular Hbond substituents is 1. The number of nitrogens with zero attached hydrogens (tertiary/aromatic N) is 1. The third-order valence-corrected chi connectivity index (χ3v) is 3.58. The molecule has 1 rings (SSSR count). The molecule has 1 unspecified atom stereocenters. The van der Waals surface area contributed by atoms with Gasteiger partial charge in [-0.05, 0) is 31.5 Å². The molecule has 1 aromatic rings. The molecule has 3 N–H and O–H groups in total. The van der Waals surface area contributed by atoms with E-state index in [1.165, 1.54) is 19.3 Å². The summed E-state index contributed by atoms with van der Waals surface area (Å²) >= 11 is 0. The normalized spacial score (nSPS) is 12.8. The Morgan fingerprint density at radius 3 is 2.77 bits per heavy atom. The average Bonchev–Trinajstić information content (AvgIpc) is 2.53. The van der Waals surface area contributed by atoms with E-state index in [4.69, 9.17) is 4.74 Å². The molecule has 124 valence electrons. The maximum Gasteiger partial charge on any atom is 0.191 e. The first kappa shape index (κ1) is 18.1. The van der Waals surface area contributed by atoms with Crippen LogP contribution >= 0.6 is 0 Å². The van der Waals surface area contributed by atoms with Crippen molar-refractivity contribution in [2.24, 2.45) is 4.99 Å². The molecule has 0 aliphatic heterocycles. The minimum Gasteiger partial charge on any atom is -0.508 e. The molecular weight excluding hydrogens is 278 g/mol. The highest BCUT2D eigenvalue weighted by Crippen LogP contribution is 2.22. The third kappa shape index (κ3) is 6.24. The Morgan fingerprint density at radius 1 is 1.36 bits per heavy atom. The first-order chi connectivity index (χ1) is 10.6. The second kappa shape index (κ2) is 9.92. The van der Waals surface area contributed by atoms with Gasteiger partial charge in [-0.25, -0.2) is 0 Å². The summed E-state index contributed by atoms with van der Waals surface area (Å²) in [4.78, 5) is 4.23. The summed E-state index contributed by atoms with van der Waals surface area (Å²) < 4.78 is 5.18. The van der Waals surface area contributed by atoms with Crippen LogP contribution in [-0.2, 0) is 6.54 Å². The molecule has 1 atom stereocenters. The van der Waals surface area contributed by atoms with Crippen LogP contribution in [0.25, 0.3) is 0 Å². The molecule has 0 fully saturated rings. The molecule has 0 radical (unpaired) electrons. The lowest BCUT2D eigenvalue weighted by molar-refractivity contribution is 0.410. The Morgan fingerprint density at radius 2 is 2.14 bits per heavy atom. The van der Waals surface area contributed by atoms with Gasteiger partial charge in [-0.3, -0.25) is 4.99 Å². The van der Waals surface area contributed by atoms with Crippen molar-refractivity contribution in [1.82, 2.24) is 10.6 Å². The SMILES string of the molecule is CCCCCC(C)NC(=NC)NCc1cc(OC)ccc1O. The highest BCUT2D eigenvalue weighted by Gasteiger charge is 2.07. The number of methoxy groups -OCH3 is 1. The predicted octanol–water partition coefficient (Wildman–Crippen LogP) is 3.03. The summed E-state index contributed by atoms with van der Waals surface area (Å²) in [5.41, 5.74) is 0.779. The van der Waals surface area contributed by atoms with Gasteiger partial charge < -0.3 is 20.5 Å². The van der Waals surface area contributed by atoms with Gasteiger partial charge in [-0.15, -0.1) is 0 Å². The van der Waals surface area contributed by atoms with Gasteiger partial charge in [0.25, 0.3) is 0 Å². The van der Waals surface area contributed by atoms with Crippen molar-refractivity contribution in [2.75, 3.05) is 14.2 Å². The van der Waals surface area contributed by atoms with E-state index in [0.29, 0.717) is 12.6 Å². The van der Waals surface area contributed by atoms with Crippen LogP contribution in [0, 0.1) is 0 Å². The van der Waals surface area contributed by atoms with Crippen LogP contribution in [0.4, 0.5) is 0 Å². The monoisotopic (exact) mass is 307 g/mol. The summed E-state index contributed by atoms with van der Waals surface area (Å²) in [7, 11) is 3.36. The molecule has 0 bridgehead atoms. The molecular formula is C17H29N3O2. The fourth-order valence-electron chi connectivity index (χ4n) is 2.21. The van der Waals surface area contributed by atoms with Gasteiger partial charge in [0, 0.05) is 25.2 Å². The fourth-order valence-corrected chi connectivity index (χ4v) is 2.21. The number of nitrogens with one attached hydrogen (secondary N) is 2. The summed E-state index contributed by atoms with van der Waals surface area (Å²) in [6, 6.07) is 5.57. The van der Waals surface area contributed by atoms with Crippen LogP contribution in [0.3, 0.4) is 0 Å². The number of unbranched alkanes of at least 4 members (excludes halogenated alkanes) is 2. The highest BCUT2D eigenvalue weighted by atomic mass is 16.5. The zero-order valence-corrected chi connectivity index (χ0v) is 14.1. The molecule has 0 amide bonds. The number of benzene rings is 1. The molecule has 0 heterocycles. The number of guanidine groups is 1. The molecule has 5 heteroatoms. The fraction of sp³-hybridized carbons (Fsp3) is 0.588. The van der Waals surface area contributed by atoms with Gasteiger partial charge in [0.05, 0.1) is 7.11 Å². The lowest BCUT2D eigenvalue weighted by atomic mass is 10.1. The van der Waals surface area contributed by atoms with Crippen LogP contribution < -0.4 is 15.4 Å². The number of aliphatic imine (C=N–C) groups is 1. The first-order valence-corrected chi connectivity index (χ1v) is 7.93. The minimum absolute atomic E-state index is 0.250. The van der Waals surface area contributed by atoms with E-state index in [-0.39, 0.29) is 5.75 Å². The largest absolute Gasteiger partial charge is 0.508 e. The van der Waals surface area contributed by atoms with Gasteiger partial charge in [-0.2, -0.15) is 0 Å². The standard InChI is InChI=1S/C17H29N3O2/c1-5-6-7-8-13(2)20-17(18-3)19-12-14-11-15(22-4)9-10-16(14)21/h9-11,13,21H,5-8,12H2,1-4H3,(H2,18,19,20). The van der Waals surface area contributed by atoms with Crippen LogP contribution in [0.15, 0.2) is 23.2 Å². The van der Waals surface area contributed by atoms with Crippen LogP contribution in [-0.4, -0.2) is 31.3 Å². The lowest BCUT2D eigenvalue weighted by Crippen LogP contribution is -2.41. The summed E-state index contributed by atoms with van der Waals surface area (Å²) in [6.07, 6.45) is 4.84. The van der Waals surface area contributed by atoms with E-state index >= 15 is 0 Å². The maximum absolute atomic E-state index is 9.89. The molecule has 0 saturated carbocycles. The van der Waals surface area contributed by atoms with Gasteiger partial charge in [0.2, 0.25) is 0 Å². The molecule has 1 aromatic carbocycles. The molecule has 0 aliphatic rings.